The number of ether oxygens (including phenoxy) is 1. The average molecular weight is 507 g/mol. The quantitative estimate of drug-likeness (QED) is 0.222. The van der Waals surface area contributed by atoms with Crippen LogP contribution >= 0.6 is 11.3 Å². The molecule has 1 amide bonds. The summed E-state index contributed by atoms with van der Waals surface area (Å²) >= 11 is 1.01. The second-order valence-corrected chi connectivity index (χ2v) is 8.55. The molecule has 0 bridgehead atoms. The van der Waals surface area contributed by atoms with Gasteiger partial charge in [0.05, 0.1) is 24.1 Å². The van der Waals surface area contributed by atoms with Gasteiger partial charge in [-0.2, -0.15) is 13.2 Å². The topological polar surface area (TPSA) is 75.6 Å². The second-order valence-electron chi connectivity index (χ2n) is 7.72. The molecule has 0 N–H and O–H groups in total. The lowest BCUT2D eigenvalue weighted by atomic mass is 10.1. The van der Waals surface area contributed by atoms with Gasteiger partial charge in [-0.25, -0.2) is 14.7 Å². The molecular weight excluding hydrogens is 481 g/mol. The van der Waals surface area contributed by atoms with E-state index in [2.05, 4.69) is 14.7 Å². The highest BCUT2D eigenvalue weighted by Gasteiger charge is 2.37. The summed E-state index contributed by atoms with van der Waals surface area (Å²) in [7, 11) is 2.62. The van der Waals surface area contributed by atoms with Gasteiger partial charge in [0.1, 0.15) is 0 Å². The van der Waals surface area contributed by atoms with Crippen molar-refractivity contribution in [1.29, 1.82) is 0 Å². The number of methoxy groups -OCH3 is 1. The minimum absolute atomic E-state index is 0.0157. The van der Waals surface area contributed by atoms with Crippen molar-refractivity contribution in [2.24, 2.45) is 0 Å². The van der Waals surface area contributed by atoms with Gasteiger partial charge in [-0.05, 0) is 36.8 Å². The van der Waals surface area contributed by atoms with E-state index in [-0.39, 0.29) is 16.5 Å². The number of thiazole rings is 1. The molecule has 0 aliphatic carbocycles. The number of benzene rings is 1. The van der Waals surface area contributed by atoms with Gasteiger partial charge >= 0.3 is 18.1 Å². The third-order valence-electron chi connectivity index (χ3n) is 5.26. The number of hydrogen-bond acceptors (Lipinski definition) is 7. The van der Waals surface area contributed by atoms with Gasteiger partial charge in [0, 0.05) is 42.6 Å². The molecule has 1 aromatic carbocycles. The third kappa shape index (κ3) is 6.16. The number of halogens is 3. The number of carbonyl (C=O) groups is 2. The van der Waals surface area contributed by atoms with Crippen molar-refractivity contribution >= 4 is 39.7 Å². The lowest BCUT2D eigenvalue weighted by molar-refractivity contribution is -0.151. The molecule has 35 heavy (non-hydrogen) atoms. The Kier molecular flexibility index (Phi) is 8.44. The van der Waals surface area contributed by atoms with E-state index < -0.39 is 23.6 Å². The molecular formula is C24H25F3N4O3S. The maximum Gasteiger partial charge on any atom is 0.418 e. The van der Waals surface area contributed by atoms with Crippen LogP contribution < -0.4 is 9.80 Å². The Morgan fingerprint density at radius 2 is 1.94 bits per heavy atom. The lowest BCUT2D eigenvalue weighted by Gasteiger charge is -2.26. The molecule has 3 aromatic rings. The Morgan fingerprint density at radius 1 is 1.17 bits per heavy atom. The van der Waals surface area contributed by atoms with E-state index in [1.165, 1.54) is 12.1 Å². The SMILES string of the molecule is CCCCCN(C)c1ccc(N(C(=O)C(=O)OC)c2nc(-c3cccnc3)cs2)cc1C(F)(F)F. The van der Waals surface area contributed by atoms with Crippen LogP contribution in [-0.2, 0) is 20.5 Å². The fourth-order valence-electron chi connectivity index (χ4n) is 3.45. The van der Waals surface area contributed by atoms with Crippen molar-refractivity contribution in [3.8, 4) is 11.3 Å². The van der Waals surface area contributed by atoms with E-state index in [1.807, 2.05) is 6.92 Å². The number of aromatic nitrogens is 2. The zero-order valence-corrected chi connectivity index (χ0v) is 20.3. The Bertz CT molecular complexity index is 1170. The van der Waals surface area contributed by atoms with E-state index in [4.69, 9.17) is 0 Å². The maximum absolute atomic E-state index is 14.1. The van der Waals surface area contributed by atoms with Gasteiger partial charge < -0.3 is 9.64 Å². The van der Waals surface area contributed by atoms with Gasteiger partial charge in [-0.1, -0.05) is 19.8 Å². The van der Waals surface area contributed by atoms with Crippen LogP contribution in [0.1, 0.15) is 31.7 Å². The minimum Gasteiger partial charge on any atom is -0.462 e. The first-order valence-electron chi connectivity index (χ1n) is 10.9. The first-order chi connectivity index (χ1) is 16.7. The summed E-state index contributed by atoms with van der Waals surface area (Å²) in [6.07, 6.45) is 1.05. The molecule has 7 nitrogen and oxygen atoms in total. The summed E-state index contributed by atoms with van der Waals surface area (Å²) in [5, 5.41) is 1.65. The normalized spacial score (nSPS) is 11.3. The highest BCUT2D eigenvalue weighted by Crippen LogP contribution is 2.41. The average Bonchev–Trinajstić information content (AvgIpc) is 3.33. The lowest BCUT2D eigenvalue weighted by Crippen LogP contribution is -2.34. The maximum atomic E-state index is 14.1. The Hall–Kier alpha value is -3.47. The number of hydrogen-bond donors (Lipinski definition) is 0. The first-order valence-corrected chi connectivity index (χ1v) is 11.8. The van der Waals surface area contributed by atoms with Crippen LogP contribution in [0.25, 0.3) is 11.3 Å². The molecule has 186 valence electrons. The van der Waals surface area contributed by atoms with Crippen molar-refractivity contribution in [1.82, 2.24) is 9.97 Å². The number of anilines is 3. The van der Waals surface area contributed by atoms with Crippen LogP contribution in [0.5, 0.6) is 0 Å². The van der Waals surface area contributed by atoms with E-state index in [0.29, 0.717) is 17.8 Å². The molecule has 0 unspecified atom stereocenters. The molecule has 2 aromatic heterocycles. The fraction of sp³-hybridized carbons (Fsp3) is 0.333. The molecule has 0 fully saturated rings. The molecule has 0 saturated carbocycles. The smallest absolute Gasteiger partial charge is 0.418 e. The molecule has 0 aliphatic rings. The van der Waals surface area contributed by atoms with E-state index in [0.717, 1.165) is 48.7 Å². The summed E-state index contributed by atoms with van der Waals surface area (Å²) in [6, 6.07) is 6.99. The fourth-order valence-corrected chi connectivity index (χ4v) is 4.30. The van der Waals surface area contributed by atoms with Crippen molar-refractivity contribution in [3.05, 3.63) is 53.7 Å². The Morgan fingerprint density at radius 3 is 2.57 bits per heavy atom. The number of rotatable bonds is 8. The second kappa shape index (κ2) is 11.3. The van der Waals surface area contributed by atoms with Crippen molar-refractivity contribution < 1.29 is 27.5 Å². The van der Waals surface area contributed by atoms with Crippen LogP contribution in [0.4, 0.5) is 29.7 Å². The summed E-state index contributed by atoms with van der Waals surface area (Å²) < 4.78 is 46.7. The highest BCUT2D eigenvalue weighted by atomic mass is 32.1. The van der Waals surface area contributed by atoms with Crippen molar-refractivity contribution in [2.45, 2.75) is 32.4 Å². The Balaban J connectivity index is 2.07. The van der Waals surface area contributed by atoms with Crippen molar-refractivity contribution in [3.63, 3.8) is 0 Å². The predicted octanol–water partition coefficient (Wildman–Crippen LogP) is 5.69. The van der Waals surface area contributed by atoms with Crippen LogP contribution in [0, 0.1) is 0 Å². The van der Waals surface area contributed by atoms with E-state index >= 15 is 0 Å². The van der Waals surface area contributed by atoms with Gasteiger partial charge in [0.25, 0.3) is 0 Å². The standard InChI is InChI=1S/C24H25F3N4O3S/c1-4-5-6-12-30(2)20-10-9-17(13-18(20)24(25,26)27)31(21(32)22(33)34-3)23-29-19(15-35-23)16-8-7-11-28-14-16/h7-11,13-15H,4-6,12H2,1-3H3. The van der Waals surface area contributed by atoms with Gasteiger partial charge in [-0.3, -0.25) is 9.78 Å². The number of nitrogens with zero attached hydrogens (tertiary/aromatic N) is 4. The van der Waals surface area contributed by atoms with Gasteiger partial charge in [0.15, 0.2) is 5.13 Å². The largest absolute Gasteiger partial charge is 0.462 e. The summed E-state index contributed by atoms with van der Waals surface area (Å²) in [5.74, 6) is -2.38. The monoisotopic (exact) mass is 506 g/mol. The number of pyridine rings is 1. The third-order valence-corrected chi connectivity index (χ3v) is 6.08. The Labute approximate surface area is 205 Å². The van der Waals surface area contributed by atoms with E-state index in [1.54, 1.807) is 41.9 Å². The summed E-state index contributed by atoms with van der Waals surface area (Å²) in [4.78, 5) is 35.8. The molecule has 11 heteroatoms. The molecule has 3 rings (SSSR count). The molecule has 0 atom stereocenters. The number of unbranched alkanes of at least 4 members (excludes halogenated alkanes) is 2. The molecule has 0 saturated heterocycles. The number of amides is 1. The van der Waals surface area contributed by atoms with Gasteiger partial charge in [0.2, 0.25) is 0 Å². The molecule has 0 radical (unpaired) electrons. The van der Waals surface area contributed by atoms with Crippen LogP contribution in [0.2, 0.25) is 0 Å². The highest BCUT2D eigenvalue weighted by molar-refractivity contribution is 7.14. The zero-order valence-electron chi connectivity index (χ0n) is 19.5. The summed E-state index contributed by atoms with van der Waals surface area (Å²) in [5.41, 5.74) is 0.0359. The van der Waals surface area contributed by atoms with Crippen LogP contribution in [0.3, 0.4) is 0 Å². The number of esters is 1. The van der Waals surface area contributed by atoms with Crippen LogP contribution in [0.15, 0.2) is 48.1 Å². The minimum atomic E-state index is -4.69. The molecule has 0 aliphatic heterocycles. The summed E-state index contributed by atoms with van der Waals surface area (Å²) in [6.45, 7) is 2.46. The molecule has 2 heterocycles. The number of carbonyl (C=O) groups excluding carboxylic acids is 2. The number of alkyl halides is 3. The predicted molar refractivity (Wildman–Crippen MR) is 129 cm³/mol. The molecule has 0 spiro atoms. The zero-order chi connectivity index (χ0) is 25.6. The first kappa shape index (κ1) is 26.1. The van der Waals surface area contributed by atoms with E-state index in [9.17, 15) is 22.8 Å². The van der Waals surface area contributed by atoms with Crippen LogP contribution in [-0.4, -0.2) is 42.5 Å². The van der Waals surface area contributed by atoms with Crippen molar-refractivity contribution in [2.75, 3.05) is 30.5 Å². The van der Waals surface area contributed by atoms with Gasteiger partial charge in [-0.15, -0.1) is 11.3 Å².